The van der Waals surface area contributed by atoms with Crippen LogP contribution in [0.5, 0.6) is 0 Å². The Labute approximate surface area is 213 Å². The lowest BCUT2D eigenvalue weighted by Crippen LogP contribution is -2.34. The van der Waals surface area contributed by atoms with Gasteiger partial charge in [0.25, 0.3) is 0 Å². The van der Waals surface area contributed by atoms with Crippen LogP contribution in [0.4, 0.5) is 8.78 Å². The van der Waals surface area contributed by atoms with Crippen molar-refractivity contribution in [2.75, 3.05) is 0 Å². The molecule has 1 fully saturated rings. The zero-order valence-corrected chi connectivity index (χ0v) is 21.2. The summed E-state index contributed by atoms with van der Waals surface area (Å²) < 4.78 is 40.8. The third kappa shape index (κ3) is 7.64. The number of rotatable bonds is 11. The number of carbonyl (C=O) groups is 3. The Hall–Kier alpha value is -2.72. The number of nitrogens with one attached hydrogen (secondary N) is 1. The maximum atomic E-state index is 13.8. The van der Waals surface area contributed by atoms with Crippen LogP contribution in [0.2, 0.25) is 0 Å². The minimum atomic E-state index is -3.56. The Morgan fingerprint density at radius 2 is 1.92 bits per heavy atom. The van der Waals surface area contributed by atoms with E-state index in [1.165, 1.54) is 13.8 Å². The summed E-state index contributed by atoms with van der Waals surface area (Å²) in [5, 5.41) is 8.67. The van der Waals surface area contributed by atoms with Crippen molar-refractivity contribution in [1.82, 2.24) is 4.72 Å². The summed E-state index contributed by atoms with van der Waals surface area (Å²) in [5.41, 5.74) is 1.13. The van der Waals surface area contributed by atoms with E-state index in [1.807, 2.05) is 47.2 Å². The highest BCUT2D eigenvalue weighted by Gasteiger charge is 2.50. The molecule has 1 aromatic rings. The number of alkyl halides is 2. The van der Waals surface area contributed by atoms with Crippen molar-refractivity contribution in [2.45, 2.75) is 64.5 Å². The lowest BCUT2D eigenvalue weighted by Gasteiger charge is -2.26. The van der Waals surface area contributed by atoms with Gasteiger partial charge in [-0.1, -0.05) is 43.3 Å². The molecule has 4 unspecified atom stereocenters. The van der Waals surface area contributed by atoms with E-state index >= 15 is 0 Å². The van der Waals surface area contributed by atoms with Crippen molar-refractivity contribution in [3.05, 3.63) is 58.7 Å². The van der Waals surface area contributed by atoms with Gasteiger partial charge in [0.1, 0.15) is 18.3 Å². The second-order valence-electron chi connectivity index (χ2n) is 9.30. The standard InChI is InChI=1S/C26H31F2NO6S/c1-15(18-7-5-4-6-8-18)9-10-22(34-16(2)30)25-21-13-20(36-29-26(27,28)14-24(32)33)11-19(21)12-23(25)35-17(3)31/h4-8,10-11,15,19,21,23,25,29H,9,12-14H2,1-3H3,(H,32,33)/t15?,19?,21?,23-,25?/m1/s1. The lowest BCUT2D eigenvalue weighted by atomic mass is 9.87. The first-order valence-corrected chi connectivity index (χ1v) is 12.6. The van der Waals surface area contributed by atoms with Gasteiger partial charge < -0.3 is 14.6 Å². The number of hydrogen-bond donors (Lipinski definition) is 2. The van der Waals surface area contributed by atoms with E-state index in [9.17, 15) is 23.2 Å². The molecular weight excluding hydrogens is 492 g/mol. The lowest BCUT2D eigenvalue weighted by molar-refractivity contribution is -0.149. The summed E-state index contributed by atoms with van der Waals surface area (Å²) in [5.74, 6) is -2.57. The third-order valence-corrected chi connectivity index (χ3v) is 7.37. The van der Waals surface area contributed by atoms with E-state index in [-0.39, 0.29) is 17.8 Å². The smallest absolute Gasteiger partial charge is 0.321 e. The molecule has 0 amide bonds. The molecule has 0 radical (unpaired) electrons. The van der Waals surface area contributed by atoms with Gasteiger partial charge in [0.15, 0.2) is 0 Å². The van der Waals surface area contributed by atoms with E-state index in [1.54, 1.807) is 0 Å². The van der Waals surface area contributed by atoms with Crippen molar-refractivity contribution < 1.29 is 37.7 Å². The minimum Gasteiger partial charge on any atom is -0.481 e. The summed E-state index contributed by atoms with van der Waals surface area (Å²) >= 11 is 0.711. The minimum absolute atomic E-state index is 0.0674. The molecular formula is C26H31F2NO6S. The average Bonchev–Trinajstić information content (AvgIpc) is 3.31. The molecule has 0 bridgehead atoms. The van der Waals surface area contributed by atoms with Crippen molar-refractivity contribution in [3.63, 3.8) is 0 Å². The first kappa shape index (κ1) is 27.9. The predicted octanol–water partition coefficient (Wildman–Crippen LogP) is 5.40. The molecule has 1 saturated carbocycles. The normalized spacial score (nSPS) is 24.6. The number of carboxylic acid groups (broad SMARTS) is 1. The Bertz CT molecular complexity index is 1030. The Morgan fingerprint density at radius 1 is 1.22 bits per heavy atom. The molecule has 36 heavy (non-hydrogen) atoms. The molecule has 0 spiro atoms. The number of aliphatic carboxylic acids is 1. The fourth-order valence-corrected chi connectivity index (χ4v) is 5.81. The molecule has 0 aromatic heterocycles. The Balaban J connectivity index is 1.80. The fraction of sp³-hybridized carbons (Fsp3) is 0.500. The van der Waals surface area contributed by atoms with Crippen molar-refractivity contribution in [2.24, 2.45) is 17.8 Å². The number of benzene rings is 1. The first-order chi connectivity index (χ1) is 16.9. The zero-order chi connectivity index (χ0) is 26.5. The van der Waals surface area contributed by atoms with Gasteiger partial charge >= 0.3 is 24.0 Å². The summed E-state index contributed by atoms with van der Waals surface area (Å²) in [4.78, 5) is 35.1. The summed E-state index contributed by atoms with van der Waals surface area (Å²) in [7, 11) is 0. The molecule has 5 atom stereocenters. The Kier molecular flexibility index (Phi) is 9.30. The number of hydrogen-bond acceptors (Lipinski definition) is 7. The van der Waals surface area contributed by atoms with Gasteiger partial charge in [-0.25, -0.2) is 0 Å². The van der Waals surface area contributed by atoms with E-state index in [2.05, 4.69) is 6.92 Å². The SMILES string of the molecule is CC(=O)OC(=CCC(C)c1ccccc1)C1C2CC(SNC(F)(F)CC(=O)O)=CC2C[C@H]1OC(C)=O. The molecule has 2 N–H and O–H groups in total. The number of ether oxygens (including phenoxy) is 2. The molecule has 0 aliphatic heterocycles. The van der Waals surface area contributed by atoms with Crippen LogP contribution in [0.1, 0.15) is 57.9 Å². The van der Waals surface area contributed by atoms with E-state index < -0.39 is 42.4 Å². The summed E-state index contributed by atoms with van der Waals surface area (Å²) in [6.45, 7) is 4.70. The van der Waals surface area contributed by atoms with Crippen molar-refractivity contribution in [1.29, 1.82) is 0 Å². The average molecular weight is 524 g/mol. The maximum Gasteiger partial charge on any atom is 0.321 e. The molecule has 196 valence electrons. The van der Waals surface area contributed by atoms with Crippen LogP contribution in [0.25, 0.3) is 0 Å². The Morgan fingerprint density at radius 3 is 2.53 bits per heavy atom. The number of carboxylic acids is 1. The molecule has 7 nitrogen and oxygen atoms in total. The predicted molar refractivity (Wildman–Crippen MR) is 131 cm³/mol. The zero-order valence-electron chi connectivity index (χ0n) is 20.4. The molecule has 3 rings (SSSR count). The largest absolute Gasteiger partial charge is 0.481 e. The second-order valence-corrected chi connectivity index (χ2v) is 10.2. The van der Waals surface area contributed by atoms with Crippen molar-refractivity contribution >= 4 is 29.9 Å². The number of allylic oxidation sites excluding steroid dienone is 3. The number of halogens is 2. The highest BCUT2D eigenvalue weighted by molar-refractivity contribution is 8.01. The topological polar surface area (TPSA) is 102 Å². The van der Waals surface area contributed by atoms with Crippen LogP contribution in [0, 0.1) is 17.8 Å². The second kappa shape index (κ2) is 12.0. The van der Waals surface area contributed by atoms with Crippen LogP contribution in [0.15, 0.2) is 53.1 Å². The third-order valence-electron chi connectivity index (χ3n) is 6.41. The highest BCUT2D eigenvalue weighted by atomic mass is 32.2. The summed E-state index contributed by atoms with van der Waals surface area (Å²) in [6.07, 6.45) is 3.35. The van der Waals surface area contributed by atoms with Crippen LogP contribution >= 0.6 is 11.9 Å². The molecule has 1 aromatic carbocycles. The summed E-state index contributed by atoms with van der Waals surface area (Å²) in [6, 6.07) is 6.33. The monoisotopic (exact) mass is 523 g/mol. The van der Waals surface area contributed by atoms with Gasteiger partial charge in [-0.3, -0.25) is 14.4 Å². The van der Waals surface area contributed by atoms with Crippen molar-refractivity contribution in [3.8, 4) is 0 Å². The highest BCUT2D eigenvalue weighted by Crippen LogP contribution is 2.52. The molecule has 10 heteroatoms. The fourth-order valence-electron chi connectivity index (χ4n) is 4.93. The van der Waals surface area contributed by atoms with Gasteiger partial charge in [0.2, 0.25) is 0 Å². The molecule has 0 heterocycles. The molecule has 2 aliphatic carbocycles. The van der Waals surface area contributed by atoms with Crippen LogP contribution < -0.4 is 4.72 Å². The number of fused-ring (bicyclic) bond motifs is 1. The van der Waals surface area contributed by atoms with Gasteiger partial charge in [0, 0.05) is 13.8 Å². The van der Waals surface area contributed by atoms with Gasteiger partial charge in [-0.05, 0) is 65.5 Å². The van der Waals surface area contributed by atoms with Gasteiger partial charge in [0.05, 0.1) is 5.92 Å². The van der Waals surface area contributed by atoms with Crippen LogP contribution in [0.3, 0.4) is 0 Å². The number of carbonyl (C=O) groups excluding carboxylic acids is 2. The molecule has 0 saturated heterocycles. The van der Waals surface area contributed by atoms with E-state index in [0.29, 0.717) is 41.9 Å². The first-order valence-electron chi connectivity index (χ1n) is 11.8. The van der Waals surface area contributed by atoms with Gasteiger partial charge in [-0.2, -0.15) is 13.5 Å². The quantitative estimate of drug-likeness (QED) is 0.172. The molecule has 2 aliphatic rings. The van der Waals surface area contributed by atoms with E-state index in [4.69, 9.17) is 14.6 Å². The van der Waals surface area contributed by atoms with Gasteiger partial charge in [-0.15, -0.1) is 0 Å². The van der Waals surface area contributed by atoms with Crippen LogP contribution in [-0.2, 0) is 23.9 Å². The maximum absolute atomic E-state index is 13.8. The van der Waals surface area contributed by atoms with Crippen LogP contribution in [-0.4, -0.2) is 35.2 Å². The van der Waals surface area contributed by atoms with E-state index in [0.717, 1.165) is 5.56 Å². The number of esters is 2.